The van der Waals surface area contributed by atoms with E-state index in [-0.39, 0.29) is 6.42 Å². The van der Waals surface area contributed by atoms with E-state index in [1.165, 1.54) is 7.11 Å². The molecule has 0 fully saturated rings. The average molecular weight is 175 g/mol. The second-order valence-electron chi connectivity index (χ2n) is 2.24. The molecule has 0 aliphatic rings. The first-order chi connectivity index (χ1) is 5.72. The standard InChI is InChI=1S/C7H13NO4/c1-12-5-3-8-6(2-4-9)7(10)11/h4,6,8H,2-3,5H2,1H3,(H,10,11). The lowest BCUT2D eigenvalue weighted by Gasteiger charge is -2.10. The molecule has 0 saturated carbocycles. The number of carbonyl (C=O) groups is 2. The average Bonchev–Trinajstić information content (AvgIpc) is 2.03. The van der Waals surface area contributed by atoms with Gasteiger partial charge in [-0.1, -0.05) is 0 Å². The Hall–Kier alpha value is -0.940. The largest absolute Gasteiger partial charge is 0.480 e. The Morgan fingerprint density at radius 3 is 2.83 bits per heavy atom. The lowest BCUT2D eigenvalue weighted by atomic mass is 10.2. The van der Waals surface area contributed by atoms with E-state index in [0.717, 1.165) is 0 Å². The highest BCUT2D eigenvalue weighted by Crippen LogP contribution is 1.87. The zero-order valence-electron chi connectivity index (χ0n) is 6.95. The van der Waals surface area contributed by atoms with Crippen molar-refractivity contribution in [3.8, 4) is 0 Å². The summed E-state index contributed by atoms with van der Waals surface area (Å²) in [6, 6.07) is -0.794. The van der Waals surface area contributed by atoms with Gasteiger partial charge < -0.3 is 20.0 Å². The Morgan fingerprint density at radius 1 is 1.75 bits per heavy atom. The number of hydrogen-bond donors (Lipinski definition) is 2. The molecule has 0 radical (unpaired) electrons. The zero-order chi connectivity index (χ0) is 9.40. The summed E-state index contributed by atoms with van der Waals surface area (Å²) in [5.74, 6) is -1.02. The van der Waals surface area contributed by atoms with E-state index < -0.39 is 12.0 Å². The van der Waals surface area contributed by atoms with Crippen molar-refractivity contribution in [2.45, 2.75) is 12.5 Å². The van der Waals surface area contributed by atoms with Crippen molar-refractivity contribution in [1.29, 1.82) is 0 Å². The molecule has 0 aliphatic heterocycles. The smallest absolute Gasteiger partial charge is 0.321 e. The third-order valence-electron chi connectivity index (χ3n) is 1.33. The van der Waals surface area contributed by atoms with Crippen LogP contribution in [0.25, 0.3) is 0 Å². The minimum absolute atomic E-state index is 0.0148. The third-order valence-corrected chi connectivity index (χ3v) is 1.33. The first-order valence-corrected chi connectivity index (χ1v) is 3.61. The van der Waals surface area contributed by atoms with Gasteiger partial charge in [0.05, 0.1) is 6.61 Å². The highest BCUT2D eigenvalue weighted by molar-refractivity contribution is 5.76. The minimum atomic E-state index is -1.02. The molecule has 0 saturated heterocycles. The van der Waals surface area contributed by atoms with Gasteiger partial charge in [0, 0.05) is 20.1 Å². The van der Waals surface area contributed by atoms with Crippen LogP contribution in [0.15, 0.2) is 0 Å². The van der Waals surface area contributed by atoms with Gasteiger partial charge in [-0.15, -0.1) is 0 Å². The summed E-state index contributed by atoms with van der Waals surface area (Å²) in [4.78, 5) is 20.4. The summed E-state index contributed by atoms with van der Waals surface area (Å²) in [5, 5.41) is 11.2. The van der Waals surface area contributed by atoms with Gasteiger partial charge in [0.25, 0.3) is 0 Å². The Bertz CT molecular complexity index is 148. The predicted molar refractivity (Wildman–Crippen MR) is 42.0 cm³/mol. The molecule has 0 heterocycles. The molecule has 0 bridgehead atoms. The number of methoxy groups -OCH3 is 1. The van der Waals surface area contributed by atoms with E-state index >= 15 is 0 Å². The number of carboxylic acid groups (broad SMARTS) is 1. The highest BCUT2D eigenvalue weighted by atomic mass is 16.5. The number of carbonyl (C=O) groups excluding carboxylic acids is 1. The van der Waals surface area contributed by atoms with Crippen molar-refractivity contribution in [3.63, 3.8) is 0 Å². The van der Waals surface area contributed by atoms with Crippen molar-refractivity contribution in [3.05, 3.63) is 0 Å². The number of ether oxygens (including phenoxy) is 1. The zero-order valence-corrected chi connectivity index (χ0v) is 6.95. The van der Waals surface area contributed by atoms with Gasteiger partial charge in [0.15, 0.2) is 0 Å². The fourth-order valence-electron chi connectivity index (χ4n) is 0.703. The van der Waals surface area contributed by atoms with E-state index in [1.54, 1.807) is 0 Å². The molecule has 5 nitrogen and oxygen atoms in total. The summed E-state index contributed by atoms with van der Waals surface area (Å²) in [6.45, 7) is 0.865. The SMILES string of the molecule is COCCNC(CC=O)C(=O)O. The number of aldehydes is 1. The quantitative estimate of drug-likeness (QED) is 0.394. The predicted octanol–water partition coefficient (Wildman–Crippen LogP) is -0.735. The fraction of sp³-hybridized carbons (Fsp3) is 0.714. The lowest BCUT2D eigenvalue weighted by Crippen LogP contribution is -2.38. The summed E-state index contributed by atoms with van der Waals surface area (Å²) in [6.07, 6.45) is 0.567. The van der Waals surface area contributed by atoms with Crippen LogP contribution in [0.2, 0.25) is 0 Å². The van der Waals surface area contributed by atoms with Gasteiger partial charge in [-0.3, -0.25) is 4.79 Å². The van der Waals surface area contributed by atoms with E-state index in [2.05, 4.69) is 5.32 Å². The molecule has 5 heteroatoms. The first-order valence-electron chi connectivity index (χ1n) is 3.61. The van der Waals surface area contributed by atoms with Crippen LogP contribution in [-0.4, -0.2) is 43.7 Å². The minimum Gasteiger partial charge on any atom is -0.480 e. The van der Waals surface area contributed by atoms with Gasteiger partial charge in [-0.05, 0) is 0 Å². The normalized spacial score (nSPS) is 12.4. The van der Waals surface area contributed by atoms with Crippen LogP contribution in [0.5, 0.6) is 0 Å². The summed E-state index contributed by atoms with van der Waals surface area (Å²) < 4.78 is 4.71. The molecule has 0 aliphatic carbocycles. The Labute approximate surface area is 70.7 Å². The molecule has 0 aromatic rings. The number of aliphatic carboxylic acids is 1. The first kappa shape index (κ1) is 11.1. The van der Waals surface area contributed by atoms with Gasteiger partial charge in [-0.2, -0.15) is 0 Å². The maximum Gasteiger partial charge on any atom is 0.321 e. The number of hydrogen-bond acceptors (Lipinski definition) is 4. The van der Waals surface area contributed by atoms with E-state index in [9.17, 15) is 9.59 Å². The molecule has 0 amide bonds. The van der Waals surface area contributed by atoms with Gasteiger partial charge >= 0.3 is 5.97 Å². The monoisotopic (exact) mass is 175 g/mol. The second kappa shape index (κ2) is 6.75. The van der Waals surface area contributed by atoms with Crippen molar-refractivity contribution < 1.29 is 19.4 Å². The highest BCUT2D eigenvalue weighted by Gasteiger charge is 2.14. The van der Waals surface area contributed by atoms with E-state index in [1.807, 2.05) is 0 Å². The Morgan fingerprint density at radius 2 is 2.42 bits per heavy atom. The number of nitrogens with one attached hydrogen (secondary N) is 1. The summed E-state index contributed by atoms with van der Waals surface area (Å²) >= 11 is 0. The molecule has 12 heavy (non-hydrogen) atoms. The number of rotatable bonds is 7. The van der Waals surface area contributed by atoms with E-state index in [4.69, 9.17) is 9.84 Å². The van der Waals surface area contributed by atoms with Gasteiger partial charge in [-0.25, -0.2) is 0 Å². The van der Waals surface area contributed by atoms with Crippen molar-refractivity contribution in [1.82, 2.24) is 5.32 Å². The number of carboxylic acids is 1. The maximum absolute atomic E-state index is 10.4. The molecule has 0 rings (SSSR count). The molecule has 70 valence electrons. The van der Waals surface area contributed by atoms with Crippen LogP contribution in [0, 0.1) is 0 Å². The topological polar surface area (TPSA) is 75.6 Å². The molecule has 0 aromatic heterocycles. The Balaban J connectivity index is 3.63. The molecular formula is C7H13NO4. The van der Waals surface area contributed by atoms with Crippen LogP contribution in [-0.2, 0) is 14.3 Å². The van der Waals surface area contributed by atoms with E-state index in [0.29, 0.717) is 19.4 Å². The van der Waals surface area contributed by atoms with Crippen molar-refractivity contribution in [2.75, 3.05) is 20.3 Å². The second-order valence-corrected chi connectivity index (χ2v) is 2.24. The molecule has 1 unspecified atom stereocenters. The van der Waals surface area contributed by atoms with Crippen molar-refractivity contribution in [2.24, 2.45) is 0 Å². The van der Waals surface area contributed by atoms with Gasteiger partial charge in [0.1, 0.15) is 12.3 Å². The van der Waals surface area contributed by atoms with Gasteiger partial charge in [0.2, 0.25) is 0 Å². The molecule has 0 spiro atoms. The van der Waals surface area contributed by atoms with Crippen LogP contribution in [0.4, 0.5) is 0 Å². The van der Waals surface area contributed by atoms with Crippen LogP contribution < -0.4 is 5.32 Å². The molecular weight excluding hydrogens is 162 g/mol. The summed E-state index contributed by atoms with van der Waals surface area (Å²) in [5.41, 5.74) is 0. The fourth-order valence-corrected chi connectivity index (χ4v) is 0.703. The lowest BCUT2D eigenvalue weighted by molar-refractivity contribution is -0.140. The van der Waals surface area contributed by atoms with Crippen molar-refractivity contribution >= 4 is 12.3 Å². The Kier molecular flexibility index (Phi) is 6.22. The molecule has 2 N–H and O–H groups in total. The molecule has 0 aromatic carbocycles. The maximum atomic E-state index is 10.4. The third kappa shape index (κ3) is 4.81. The van der Waals surface area contributed by atoms with Crippen LogP contribution >= 0.6 is 0 Å². The summed E-state index contributed by atoms with van der Waals surface area (Å²) in [7, 11) is 1.52. The van der Waals surface area contributed by atoms with Crippen LogP contribution in [0.1, 0.15) is 6.42 Å². The molecule has 1 atom stereocenters. The van der Waals surface area contributed by atoms with Crippen LogP contribution in [0.3, 0.4) is 0 Å².